The zero-order chi connectivity index (χ0) is 14.4. The van der Waals surface area contributed by atoms with Gasteiger partial charge in [0.05, 0.1) is 12.6 Å². The van der Waals surface area contributed by atoms with Crippen LogP contribution >= 0.6 is 0 Å². The van der Waals surface area contributed by atoms with Crippen LogP contribution in [-0.2, 0) is 11.3 Å². The van der Waals surface area contributed by atoms with Gasteiger partial charge in [-0.15, -0.1) is 0 Å². The first kappa shape index (κ1) is 15.8. The molecule has 19 heavy (non-hydrogen) atoms. The molecule has 1 heterocycles. The molecular formula is C15H26N2O2. The van der Waals surface area contributed by atoms with Gasteiger partial charge in [-0.25, -0.2) is 0 Å². The lowest BCUT2D eigenvalue weighted by Crippen LogP contribution is -2.46. The molecule has 1 amide bonds. The van der Waals surface area contributed by atoms with Crippen LogP contribution in [-0.4, -0.2) is 22.9 Å². The molecule has 1 rings (SSSR count). The molecule has 4 heteroatoms. The molecule has 0 aliphatic carbocycles. The highest BCUT2D eigenvalue weighted by Crippen LogP contribution is 2.14. The Labute approximate surface area is 116 Å². The molecule has 0 aromatic carbocycles. The smallest absolute Gasteiger partial charge is 0.240 e. The number of aryl methyl sites for hydroxylation is 1. The highest BCUT2D eigenvalue weighted by molar-refractivity contribution is 5.81. The summed E-state index contributed by atoms with van der Waals surface area (Å²) in [5, 5.41) is 0. The summed E-state index contributed by atoms with van der Waals surface area (Å²) < 4.78 is 5.54. The van der Waals surface area contributed by atoms with E-state index in [1.165, 1.54) is 0 Å². The molecule has 1 unspecified atom stereocenters. The third-order valence-electron chi connectivity index (χ3n) is 3.21. The van der Waals surface area contributed by atoms with E-state index in [0.29, 0.717) is 6.54 Å². The van der Waals surface area contributed by atoms with Gasteiger partial charge in [0.15, 0.2) is 0 Å². The van der Waals surface area contributed by atoms with Gasteiger partial charge in [-0.2, -0.15) is 0 Å². The predicted octanol–water partition coefficient (Wildman–Crippen LogP) is 2.84. The Balaban J connectivity index is 2.68. The van der Waals surface area contributed by atoms with Crippen molar-refractivity contribution in [1.82, 2.24) is 4.90 Å². The van der Waals surface area contributed by atoms with Crippen LogP contribution < -0.4 is 5.73 Å². The Hall–Kier alpha value is -1.29. The minimum atomic E-state index is -0.404. The van der Waals surface area contributed by atoms with Crippen LogP contribution in [0.5, 0.6) is 0 Å². The molecule has 0 radical (unpaired) electrons. The summed E-state index contributed by atoms with van der Waals surface area (Å²) in [5.41, 5.74) is 5.98. The molecule has 0 aliphatic heterocycles. The Kier molecular flexibility index (Phi) is 6.09. The number of unbranched alkanes of at least 4 members (excludes halogenated alkanes) is 1. The zero-order valence-electron chi connectivity index (χ0n) is 12.5. The van der Waals surface area contributed by atoms with E-state index in [0.717, 1.165) is 30.8 Å². The van der Waals surface area contributed by atoms with Crippen LogP contribution in [0.2, 0.25) is 0 Å². The average molecular weight is 266 g/mol. The van der Waals surface area contributed by atoms with Crippen molar-refractivity contribution in [2.75, 3.05) is 0 Å². The number of rotatable bonds is 7. The first-order valence-corrected chi connectivity index (χ1v) is 7.07. The van der Waals surface area contributed by atoms with Gasteiger partial charge in [0, 0.05) is 6.04 Å². The van der Waals surface area contributed by atoms with E-state index in [9.17, 15) is 4.79 Å². The summed E-state index contributed by atoms with van der Waals surface area (Å²) in [4.78, 5) is 14.2. The van der Waals surface area contributed by atoms with Crippen molar-refractivity contribution in [3.63, 3.8) is 0 Å². The third-order valence-corrected chi connectivity index (χ3v) is 3.21. The van der Waals surface area contributed by atoms with Crippen molar-refractivity contribution in [3.8, 4) is 0 Å². The maximum absolute atomic E-state index is 12.4. The van der Waals surface area contributed by atoms with Gasteiger partial charge in [-0.05, 0) is 39.3 Å². The molecule has 0 bridgehead atoms. The molecule has 1 atom stereocenters. The summed E-state index contributed by atoms with van der Waals surface area (Å²) in [6.45, 7) is 8.49. The van der Waals surface area contributed by atoms with E-state index < -0.39 is 6.04 Å². The monoisotopic (exact) mass is 266 g/mol. The van der Waals surface area contributed by atoms with E-state index in [4.69, 9.17) is 10.2 Å². The van der Waals surface area contributed by atoms with Crippen molar-refractivity contribution in [2.45, 2.75) is 65.6 Å². The Morgan fingerprint density at radius 1 is 1.42 bits per heavy atom. The number of carbonyl (C=O) groups excluding carboxylic acids is 1. The van der Waals surface area contributed by atoms with Crippen LogP contribution in [0.3, 0.4) is 0 Å². The summed E-state index contributed by atoms with van der Waals surface area (Å²) >= 11 is 0. The molecule has 0 saturated heterocycles. The molecule has 1 aromatic heterocycles. The standard InChI is InChI=1S/C15H26N2O2/c1-5-6-7-14(16)15(18)17(11(2)3)10-13-9-8-12(4)19-13/h8-9,11,14H,5-7,10,16H2,1-4H3. The Morgan fingerprint density at radius 3 is 2.58 bits per heavy atom. The first-order valence-electron chi connectivity index (χ1n) is 7.07. The second kappa shape index (κ2) is 7.34. The zero-order valence-corrected chi connectivity index (χ0v) is 12.5. The third kappa shape index (κ3) is 4.71. The van der Waals surface area contributed by atoms with E-state index >= 15 is 0 Å². The normalized spacial score (nSPS) is 12.7. The number of hydrogen-bond donors (Lipinski definition) is 1. The highest BCUT2D eigenvalue weighted by atomic mass is 16.3. The lowest BCUT2D eigenvalue weighted by Gasteiger charge is -2.28. The fourth-order valence-corrected chi connectivity index (χ4v) is 2.01. The van der Waals surface area contributed by atoms with Crippen LogP contribution in [0.15, 0.2) is 16.5 Å². The number of amides is 1. The molecule has 2 N–H and O–H groups in total. The van der Waals surface area contributed by atoms with Crippen LogP contribution in [0, 0.1) is 6.92 Å². The fourth-order valence-electron chi connectivity index (χ4n) is 2.01. The first-order chi connectivity index (χ1) is 8.95. The molecular weight excluding hydrogens is 240 g/mol. The molecule has 0 spiro atoms. The lowest BCUT2D eigenvalue weighted by atomic mass is 10.1. The van der Waals surface area contributed by atoms with Gasteiger partial charge >= 0.3 is 0 Å². The highest BCUT2D eigenvalue weighted by Gasteiger charge is 2.23. The second-order valence-electron chi connectivity index (χ2n) is 5.32. The fraction of sp³-hybridized carbons (Fsp3) is 0.667. The largest absolute Gasteiger partial charge is 0.464 e. The molecule has 108 valence electrons. The van der Waals surface area contributed by atoms with Gasteiger partial charge < -0.3 is 15.1 Å². The molecule has 1 aromatic rings. The summed E-state index contributed by atoms with van der Waals surface area (Å²) in [7, 11) is 0. The average Bonchev–Trinajstić information content (AvgIpc) is 2.77. The Bertz CT molecular complexity index is 399. The summed E-state index contributed by atoms with van der Waals surface area (Å²) in [6.07, 6.45) is 2.79. The maximum atomic E-state index is 12.4. The summed E-state index contributed by atoms with van der Waals surface area (Å²) in [6, 6.07) is 3.54. The minimum Gasteiger partial charge on any atom is -0.464 e. The molecule has 0 fully saturated rings. The van der Waals surface area contributed by atoms with Crippen LogP contribution in [0.4, 0.5) is 0 Å². The summed E-state index contributed by atoms with van der Waals surface area (Å²) in [5.74, 6) is 1.68. The van der Waals surface area contributed by atoms with E-state index in [1.807, 2.05) is 32.9 Å². The SMILES string of the molecule is CCCCC(N)C(=O)N(Cc1ccc(C)o1)C(C)C. The number of carbonyl (C=O) groups is 1. The van der Waals surface area contributed by atoms with Crippen molar-refractivity contribution >= 4 is 5.91 Å². The molecule has 0 saturated carbocycles. The quantitative estimate of drug-likeness (QED) is 0.825. The number of furan rings is 1. The van der Waals surface area contributed by atoms with Crippen molar-refractivity contribution in [2.24, 2.45) is 5.73 Å². The van der Waals surface area contributed by atoms with Crippen molar-refractivity contribution < 1.29 is 9.21 Å². The topological polar surface area (TPSA) is 59.5 Å². The van der Waals surface area contributed by atoms with E-state index in [1.54, 1.807) is 4.90 Å². The molecule has 0 aliphatic rings. The number of nitrogens with zero attached hydrogens (tertiary/aromatic N) is 1. The maximum Gasteiger partial charge on any atom is 0.240 e. The van der Waals surface area contributed by atoms with Crippen LogP contribution in [0.1, 0.15) is 51.6 Å². The van der Waals surface area contributed by atoms with E-state index in [-0.39, 0.29) is 11.9 Å². The van der Waals surface area contributed by atoms with Crippen molar-refractivity contribution in [3.05, 3.63) is 23.7 Å². The number of hydrogen-bond acceptors (Lipinski definition) is 3. The second-order valence-corrected chi connectivity index (χ2v) is 5.32. The van der Waals surface area contributed by atoms with Gasteiger partial charge in [-0.3, -0.25) is 4.79 Å². The van der Waals surface area contributed by atoms with Gasteiger partial charge in [0.25, 0.3) is 0 Å². The predicted molar refractivity (Wildman–Crippen MR) is 76.6 cm³/mol. The van der Waals surface area contributed by atoms with E-state index in [2.05, 4.69) is 6.92 Å². The minimum absolute atomic E-state index is 0.0116. The lowest BCUT2D eigenvalue weighted by molar-refractivity contribution is -0.135. The van der Waals surface area contributed by atoms with Crippen molar-refractivity contribution in [1.29, 1.82) is 0 Å². The van der Waals surface area contributed by atoms with Gasteiger partial charge in [-0.1, -0.05) is 19.8 Å². The van der Waals surface area contributed by atoms with Gasteiger partial charge in [0.2, 0.25) is 5.91 Å². The van der Waals surface area contributed by atoms with Gasteiger partial charge in [0.1, 0.15) is 11.5 Å². The Morgan fingerprint density at radius 2 is 2.11 bits per heavy atom. The van der Waals surface area contributed by atoms with Crippen LogP contribution in [0.25, 0.3) is 0 Å². The molecule has 4 nitrogen and oxygen atoms in total. The number of nitrogens with two attached hydrogens (primary N) is 1.